The van der Waals surface area contributed by atoms with Crippen LogP contribution in [0.4, 0.5) is 0 Å². The maximum Gasteiger partial charge on any atom is 0.194 e. The highest BCUT2D eigenvalue weighted by Crippen LogP contribution is 2.26. The molecule has 2 aromatic rings. The fourth-order valence-corrected chi connectivity index (χ4v) is 2.44. The summed E-state index contributed by atoms with van der Waals surface area (Å²) in [6.07, 6.45) is 3.55. The van der Waals surface area contributed by atoms with Gasteiger partial charge in [0, 0.05) is 22.6 Å². The molecule has 0 N–H and O–H groups in total. The van der Waals surface area contributed by atoms with Crippen molar-refractivity contribution in [2.75, 3.05) is 0 Å². The van der Waals surface area contributed by atoms with Gasteiger partial charge in [-0.2, -0.15) is 0 Å². The zero-order valence-corrected chi connectivity index (χ0v) is 11.3. The summed E-state index contributed by atoms with van der Waals surface area (Å²) in [7, 11) is 0. The van der Waals surface area contributed by atoms with E-state index in [1.807, 2.05) is 26.0 Å². The van der Waals surface area contributed by atoms with Crippen LogP contribution in [0, 0.1) is 13.8 Å². The predicted molar refractivity (Wildman–Crippen MR) is 67.6 cm³/mol. The topological polar surface area (TPSA) is 38.7 Å². The summed E-state index contributed by atoms with van der Waals surface area (Å²) >= 11 is 4.87. The average molecular weight is 296 g/mol. The Bertz CT molecular complexity index is 516. The molecule has 2 heterocycles. The molecule has 0 aliphatic carbocycles. The Labute approximate surface area is 107 Å². The molecule has 2 aromatic heterocycles. The maximum atomic E-state index is 4.34. The van der Waals surface area contributed by atoms with E-state index in [9.17, 15) is 0 Å². The Morgan fingerprint density at radius 2 is 2.06 bits per heavy atom. The Morgan fingerprint density at radius 3 is 2.75 bits per heavy atom. The van der Waals surface area contributed by atoms with Crippen LogP contribution in [0.2, 0.25) is 0 Å². The van der Waals surface area contributed by atoms with Gasteiger partial charge in [-0.25, -0.2) is 15.0 Å². The number of aromatic nitrogens is 3. The van der Waals surface area contributed by atoms with Crippen LogP contribution >= 0.6 is 27.7 Å². The predicted octanol–water partition coefficient (Wildman–Crippen LogP) is 3.40. The molecule has 0 saturated carbocycles. The lowest BCUT2D eigenvalue weighted by molar-refractivity contribution is 0.925. The fraction of sp³-hybridized carbons (Fsp3) is 0.182. The molecule has 0 fully saturated rings. The first kappa shape index (κ1) is 11.5. The lowest BCUT2D eigenvalue weighted by Crippen LogP contribution is -1.91. The summed E-state index contributed by atoms with van der Waals surface area (Å²) in [5.74, 6) is 0. The normalized spacial score (nSPS) is 10.4. The smallest absolute Gasteiger partial charge is 0.194 e. The number of hydrogen-bond acceptors (Lipinski definition) is 4. The van der Waals surface area contributed by atoms with Crippen molar-refractivity contribution in [3.63, 3.8) is 0 Å². The summed E-state index contributed by atoms with van der Waals surface area (Å²) in [6, 6.07) is 3.91. The van der Waals surface area contributed by atoms with Gasteiger partial charge < -0.3 is 0 Å². The van der Waals surface area contributed by atoms with Gasteiger partial charge in [0.2, 0.25) is 0 Å². The van der Waals surface area contributed by atoms with Crippen molar-refractivity contribution in [1.29, 1.82) is 0 Å². The second kappa shape index (κ2) is 4.93. The highest BCUT2D eigenvalue weighted by atomic mass is 79.9. The Hall–Kier alpha value is -0.940. The van der Waals surface area contributed by atoms with E-state index in [0.717, 1.165) is 25.9 Å². The van der Waals surface area contributed by atoms with Crippen LogP contribution in [0.15, 0.2) is 39.2 Å². The number of pyridine rings is 1. The van der Waals surface area contributed by atoms with Gasteiger partial charge in [0.05, 0.1) is 0 Å². The molecule has 0 bridgehead atoms. The number of rotatable bonds is 2. The molecule has 5 heteroatoms. The lowest BCUT2D eigenvalue weighted by Gasteiger charge is -2.03. The van der Waals surface area contributed by atoms with Crippen molar-refractivity contribution in [3.8, 4) is 0 Å². The monoisotopic (exact) mass is 295 g/mol. The number of hydrogen-bond donors (Lipinski definition) is 0. The van der Waals surface area contributed by atoms with Crippen molar-refractivity contribution in [3.05, 3.63) is 40.3 Å². The van der Waals surface area contributed by atoms with E-state index in [-0.39, 0.29) is 0 Å². The minimum Gasteiger partial charge on any atom is -0.248 e. The van der Waals surface area contributed by atoms with Gasteiger partial charge in [0.15, 0.2) is 5.16 Å². The van der Waals surface area contributed by atoms with Crippen molar-refractivity contribution in [1.82, 2.24) is 15.0 Å². The van der Waals surface area contributed by atoms with Crippen molar-refractivity contribution < 1.29 is 0 Å². The van der Waals surface area contributed by atoms with Gasteiger partial charge in [0.1, 0.15) is 5.03 Å². The molecule has 2 rings (SSSR count). The first-order chi connectivity index (χ1) is 7.65. The first-order valence-electron chi connectivity index (χ1n) is 4.75. The van der Waals surface area contributed by atoms with Gasteiger partial charge in [-0.05, 0) is 59.2 Å². The van der Waals surface area contributed by atoms with Crippen LogP contribution in [-0.4, -0.2) is 15.0 Å². The van der Waals surface area contributed by atoms with E-state index in [0.29, 0.717) is 0 Å². The fourth-order valence-electron chi connectivity index (χ4n) is 1.20. The third-order valence-electron chi connectivity index (χ3n) is 1.96. The number of nitrogens with zero attached hydrogens (tertiary/aromatic N) is 3. The Balaban J connectivity index is 2.27. The van der Waals surface area contributed by atoms with Crippen molar-refractivity contribution in [2.24, 2.45) is 0 Å². The van der Waals surface area contributed by atoms with Gasteiger partial charge >= 0.3 is 0 Å². The van der Waals surface area contributed by atoms with Crippen molar-refractivity contribution >= 4 is 27.7 Å². The van der Waals surface area contributed by atoms with Gasteiger partial charge in [0.25, 0.3) is 0 Å². The van der Waals surface area contributed by atoms with Crippen LogP contribution in [0.3, 0.4) is 0 Å². The Morgan fingerprint density at radius 1 is 1.25 bits per heavy atom. The minimum absolute atomic E-state index is 0.734. The van der Waals surface area contributed by atoms with Gasteiger partial charge in [-0.3, -0.25) is 0 Å². The minimum atomic E-state index is 0.734. The lowest BCUT2D eigenvalue weighted by atomic mass is 10.3. The average Bonchev–Trinajstić information content (AvgIpc) is 2.22. The molecule has 0 unspecified atom stereocenters. The van der Waals surface area contributed by atoms with E-state index < -0.39 is 0 Å². The maximum absolute atomic E-state index is 4.34. The standard InChI is InChI=1S/C11H10BrN3S/c1-7-5-9(12)6-14-10(7)16-11-13-4-3-8(2)15-11/h3-6H,1-2H3. The largest absolute Gasteiger partial charge is 0.248 e. The zero-order valence-electron chi connectivity index (χ0n) is 8.94. The molecule has 0 aromatic carbocycles. The highest BCUT2D eigenvalue weighted by Gasteiger charge is 2.05. The van der Waals surface area contributed by atoms with Crippen molar-refractivity contribution in [2.45, 2.75) is 24.0 Å². The molecule has 0 aliphatic rings. The molecule has 0 amide bonds. The Kier molecular flexibility index (Phi) is 3.56. The number of halogens is 1. The molecule has 0 aliphatic heterocycles. The third-order valence-corrected chi connectivity index (χ3v) is 3.39. The quantitative estimate of drug-likeness (QED) is 0.796. The molecular formula is C11H10BrN3S. The van der Waals surface area contributed by atoms with Crippen LogP contribution in [0.5, 0.6) is 0 Å². The number of aryl methyl sites for hydroxylation is 2. The SMILES string of the molecule is Cc1ccnc(Sc2ncc(Br)cc2C)n1. The second-order valence-corrected chi connectivity index (χ2v) is 5.23. The molecule has 16 heavy (non-hydrogen) atoms. The van der Waals surface area contributed by atoms with E-state index in [1.165, 1.54) is 11.8 Å². The first-order valence-corrected chi connectivity index (χ1v) is 6.36. The van der Waals surface area contributed by atoms with E-state index in [1.54, 1.807) is 12.4 Å². The molecule has 0 saturated heterocycles. The second-order valence-electron chi connectivity index (χ2n) is 3.36. The van der Waals surface area contributed by atoms with Gasteiger partial charge in [-0.15, -0.1) is 0 Å². The summed E-state index contributed by atoms with van der Waals surface area (Å²) in [5, 5.41) is 1.67. The molecule has 82 valence electrons. The van der Waals surface area contributed by atoms with Crippen LogP contribution in [0.1, 0.15) is 11.3 Å². The van der Waals surface area contributed by atoms with Crippen LogP contribution < -0.4 is 0 Å². The molecule has 3 nitrogen and oxygen atoms in total. The highest BCUT2D eigenvalue weighted by molar-refractivity contribution is 9.10. The molecular weight excluding hydrogens is 286 g/mol. The van der Waals surface area contributed by atoms with Crippen LogP contribution in [0.25, 0.3) is 0 Å². The summed E-state index contributed by atoms with van der Waals surface area (Å²) < 4.78 is 0.986. The third kappa shape index (κ3) is 2.80. The molecule has 0 atom stereocenters. The molecule has 0 spiro atoms. The van der Waals surface area contributed by atoms with Gasteiger partial charge in [-0.1, -0.05) is 0 Å². The van der Waals surface area contributed by atoms with E-state index in [2.05, 4.69) is 30.9 Å². The summed E-state index contributed by atoms with van der Waals surface area (Å²) in [5.41, 5.74) is 2.08. The van der Waals surface area contributed by atoms with Crippen LogP contribution in [-0.2, 0) is 0 Å². The zero-order chi connectivity index (χ0) is 11.5. The van der Waals surface area contributed by atoms with E-state index >= 15 is 0 Å². The molecule has 0 radical (unpaired) electrons. The summed E-state index contributed by atoms with van der Waals surface area (Å²) in [6.45, 7) is 3.98. The summed E-state index contributed by atoms with van der Waals surface area (Å²) in [4.78, 5) is 12.9. The van der Waals surface area contributed by atoms with E-state index in [4.69, 9.17) is 0 Å².